The van der Waals surface area contributed by atoms with Gasteiger partial charge in [0.15, 0.2) is 0 Å². The molecule has 0 atom stereocenters. The smallest absolute Gasteiger partial charge is 0.416 e. The third-order valence-corrected chi connectivity index (χ3v) is 5.44. The quantitative estimate of drug-likeness (QED) is 0.405. The summed E-state index contributed by atoms with van der Waals surface area (Å²) in [5.41, 5.74) is 0.646. The fourth-order valence-electron chi connectivity index (χ4n) is 3.69. The second-order valence-corrected chi connectivity index (χ2v) is 7.80. The van der Waals surface area contributed by atoms with Gasteiger partial charge in [-0.2, -0.15) is 18.3 Å². The van der Waals surface area contributed by atoms with Gasteiger partial charge in [0.2, 0.25) is 5.91 Å². The lowest BCUT2D eigenvalue weighted by molar-refractivity contribution is -0.138. The average molecular weight is 484 g/mol. The summed E-state index contributed by atoms with van der Waals surface area (Å²) in [7, 11) is 0. The zero-order valence-electron chi connectivity index (χ0n) is 18.9. The third kappa shape index (κ3) is 5.53. The van der Waals surface area contributed by atoms with E-state index in [0.717, 1.165) is 17.4 Å². The number of ether oxygens (including phenoxy) is 1. The predicted octanol–water partition coefficient (Wildman–Crippen LogP) is 4.29. The number of nitrogens with zero attached hydrogens (tertiary/aromatic N) is 3. The molecule has 7 nitrogen and oxygen atoms in total. The highest BCUT2D eigenvalue weighted by Crippen LogP contribution is 2.31. The van der Waals surface area contributed by atoms with Gasteiger partial charge in [-0.25, -0.2) is 4.52 Å². The van der Waals surface area contributed by atoms with Gasteiger partial charge in [-0.3, -0.25) is 9.59 Å². The first-order valence-electron chi connectivity index (χ1n) is 11.0. The van der Waals surface area contributed by atoms with Crippen molar-refractivity contribution in [2.75, 3.05) is 6.61 Å². The molecule has 0 aliphatic carbocycles. The van der Waals surface area contributed by atoms with Crippen molar-refractivity contribution < 1.29 is 22.7 Å². The fourth-order valence-corrected chi connectivity index (χ4v) is 3.69. The van der Waals surface area contributed by atoms with Crippen LogP contribution in [0.1, 0.15) is 24.5 Å². The largest absolute Gasteiger partial charge is 0.494 e. The number of hydrogen-bond acceptors (Lipinski definition) is 4. The number of carbonyl (C=O) groups is 1. The second kappa shape index (κ2) is 10.0. The molecule has 35 heavy (non-hydrogen) atoms. The summed E-state index contributed by atoms with van der Waals surface area (Å²) in [5, 5.41) is 6.93. The Morgan fingerprint density at radius 1 is 1.09 bits per heavy atom. The number of benzene rings is 2. The van der Waals surface area contributed by atoms with Crippen LogP contribution in [0.5, 0.6) is 5.75 Å². The summed E-state index contributed by atoms with van der Waals surface area (Å²) in [4.78, 5) is 25.1. The van der Waals surface area contributed by atoms with Crippen LogP contribution in [0.4, 0.5) is 13.2 Å². The average Bonchev–Trinajstić information content (AvgIpc) is 3.28. The minimum Gasteiger partial charge on any atom is -0.494 e. The van der Waals surface area contributed by atoms with Crippen LogP contribution in [0.2, 0.25) is 0 Å². The Balaban J connectivity index is 1.42. The molecule has 0 aliphatic rings. The normalized spacial score (nSPS) is 11.5. The summed E-state index contributed by atoms with van der Waals surface area (Å²) < 4.78 is 47.6. The van der Waals surface area contributed by atoms with E-state index < -0.39 is 17.6 Å². The molecule has 0 radical (unpaired) electrons. The summed E-state index contributed by atoms with van der Waals surface area (Å²) in [6.45, 7) is 2.28. The topological polar surface area (TPSA) is 77.6 Å². The molecule has 0 aliphatic heterocycles. The lowest BCUT2D eigenvalue weighted by atomic mass is 10.1. The number of nitrogens with one attached hydrogen (secondary N) is 1. The van der Waals surface area contributed by atoms with Gasteiger partial charge in [-0.15, -0.1) is 0 Å². The van der Waals surface area contributed by atoms with Crippen molar-refractivity contribution in [2.24, 2.45) is 0 Å². The number of amides is 1. The van der Waals surface area contributed by atoms with Crippen molar-refractivity contribution in [3.63, 3.8) is 0 Å². The van der Waals surface area contributed by atoms with Gasteiger partial charge < -0.3 is 14.6 Å². The maximum absolute atomic E-state index is 13.1. The number of rotatable bonds is 8. The van der Waals surface area contributed by atoms with E-state index in [2.05, 4.69) is 10.4 Å². The Morgan fingerprint density at radius 3 is 2.54 bits per heavy atom. The van der Waals surface area contributed by atoms with Crippen molar-refractivity contribution in [1.82, 2.24) is 19.5 Å². The van der Waals surface area contributed by atoms with Crippen molar-refractivity contribution in [1.29, 1.82) is 0 Å². The lowest BCUT2D eigenvalue weighted by Crippen LogP contribution is -2.28. The van der Waals surface area contributed by atoms with Gasteiger partial charge in [0.05, 0.1) is 17.9 Å². The van der Waals surface area contributed by atoms with Crippen LogP contribution < -0.4 is 15.6 Å². The molecule has 2 heterocycles. The van der Waals surface area contributed by atoms with Crippen LogP contribution in [0, 0.1) is 0 Å². The van der Waals surface area contributed by atoms with E-state index in [-0.39, 0.29) is 30.6 Å². The van der Waals surface area contributed by atoms with Crippen molar-refractivity contribution >= 4 is 11.4 Å². The summed E-state index contributed by atoms with van der Waals surface area (Å²) in [6.07, 6.45) is -1.42. The van der Waals surface area contributed by atoms with Gasteiger partial charge in [0, 0.05) is 37.5 Å². The minimum atomic E-state index is -4.50. The Morgan fingerprint density at radius 2 is 1.83 bits per heavy atom. The van der Waals surface area contributed by atoms with E-state index in [1.807, 2.05) is 31.2 Å². The fraction of sp³-hybridized carbons (Fsp3) is 0.240. The molecule has 0 unspecified atom stereocenters. The molecule has 0 spiro atoms. The Kier molecular flexibility index (Phi) is 6.90. The summed E-state index contributed by atoms with van der Waals surface area (Å²) in [6, 6.07) is 14.1. The Hall–Kier alpha value is -4.08. The van der Waals surface area contributed by atoms with E-state index in [1.165, 1.54) is 33.5 Å². The first-order chi connectivity index (χ1) is 16.8. The first-order valence-corrected chi connectivity index (χ1v) is 11.0. The highest BCUT2D eigenvalue weighted by molar-refractivity contribution is 5.75. The second-order valence-electron chi connectivity index (χ2n) is 7.80. The Bertz CT molecular complexity index is 1390. The highest BCUT2D eigenvalue weighted by Gasteiger charge is 2.32. The van der Waals surface area contributed by atoms with Crippen LogP contribution >= 0.6 is 0 Å². The van der Waals surface area contributed by atoms with Gasteiger partial charge >= 0.3 is 6.18 Å². The molecule has 2 aromatic carbocycles. The van der Waals surface area contributed by atoms with Crippen LogP contribution in [-0.2, 0) is 24.1 Å². The molecule has 4 aromatic rings. The van der Waals surface area contributed by atoms with E-state index in [0.29, 0.717) is 17.8 Å². The molecule has 0 saturated heterocycles. The number of halogens is 3. The zero-order valence-corrected chi connectivity index (χ0v) is 18.9. The number of alkyl halides is 3. The maximum Gasteiger partial charge on any atom is 0.416 e. The van der Waals surface area contributed by atoms with Crippen LogP contribution in [0.25, 0.3) is 16.8 Å². The molecule has 10 heteroatoms. The van der Waals surface area contributed by atoms with E-state index in [9.17, 15) is 22.8 Å². The number of fused-ring (bicyclic) bond motifs is 1. The molecule has 4 rings (SSSR count). The molecule has 2 aromatic heterocycles. The van der Waals surface area contributed by atoms with Crippen molar-refractivity contribution in [2.45, 2.75) is 32.6 Å². The standard InChI is InChI=1S/C25H23F3N4O3/c1-2-35-19-9-7-17(8-10-19)21-15-22-24(34)31(13-14-32(22)30-21)12-11-23(33)29-16-18-5-3-4-6-20(18)25(26,27)28/h3-10,13-15H,2,11-12,16H2,1H3,(H,29,33). The van der Waals surface area contributed by atoms with Crippen LogP contribution in [-0.4, -0.2) is 26.7 Å². The van der Waals surface area contributed by atoms with Crippen LogP contribution in [0.3, 0.4) is 0 Å². The number of aromatic nitrogens is 3. The molecule has 182 valence electrons. The van der Waals surface area contributed by atoms with E-state index >= 15 is 0 Å². The highest BCUT2D eigenvalue weighted by atomic mass is 19.4. The van der Waals surface area contributed by atoms with Gasteiger partial charge in [-0.05, 0) is 48.9 Å². The molecular formula is C25H23F3N4O3. The van der Waals surface area contributed by atoms with Crippen LogP contribution in [0.15, 0.2) is 71.8 Å². The molecule has 0 bridgehead atoms. The molecule has 1 N–H and O–H groups in total. The summed E-state index contributed by atoms with van der Waals surface area (Å²) >= 11 is 0. The van der Waals surface area contributed by atoms with Crippen molar-refractivity contribution in [3.05, 3.63) is 88.5 Å². The Labute approximate surface area is 198 Å². The maximum atomic E-state index is 13.1. The zero-order chi connectivity index (χ0) is 25.0. The molecule has 1 amide bonds. The monoisotopic (exact) mass is 484 g/mol. The number of carbonyl (C=O) groups excluding carboxylic acids is 1. The van der Waals surface area contributed by atoms with Gasteiger partial charge in [-0.1, -0.05) is 18.2 Å². The SMILES string of the molecule is CCOc1ccc(-c2cc3c(=O)n(CCC(=O)NCc4ccccc4C(F)(F)F)ccn3n2)cc1. The minimum absolute atomic E-state index is 0.0204. The molecule has 0 saturated carbocycles. The molecular weight excluding hydrogens is 461 g/mol. The van der Waals surface area contributed by atoms with Gasteiger partial charge in [0.25, 0.3) is 5.56 Å². The first kappa shape index (κ1) is 24.1. The van der Waals surface area contributed by atoms with Crippen molar-refractivity contribution in [3.8, 4) is 17.0 Å². The lowest BCUT2D eigenvalue weighted by Gasteiger charge is -2.13. The number of aryl methyl sites for hydroxylation is 1. The van der Waals surface area contributed by atoms with E-state index in [1.54, 1.807) is 12.3 Å². The predicted molar refractivity (Wildman–Crippen MR) is 124 cm³/mol. The van der Waals surface area contributed by atoms with Gasteiger partial charge in [0.1, 0.15) is 11.3 Å². The summed E-state index contributed by atoms with van der Waals surface area (Å²) in [5.74, 6) is 0.278. The number of hydrogen-bond donors (Lipinski definition) is 1. The molecule has 0 fully saturated rings. The van der Waals surface area contributed by atoms with E-state index in [4.69, 9.17) is 4.74 Å². The third-order valence-electron chi connectivity index (χ3n) is 5.44.